The lowest BCUT2D eigenvalue weighted by atomic mass is 10.1. The van der Waals surface area contributed by atoms with Crippen LogP contribution in [0, 0.1) is 0 Å². The molecule has 2 aliphatic heterocycles. The van der Waals surface area contributed by atoms with Gasteiger partial charge in [-0.05, 0) is 82.5 Å². The van der Waals surface area contributed by atoms with Crippen LogP contribution in [0.25, 0.3) is 0 Å². The van der Waals surface area contributed by atoms with Crippen molar-refractivity contribution >= 4 is 5.78 Å². The van der Waals surface area contributed by atoms with Crippen molar-refractivity contribution in [2.24, 2.45) is 0 Å². The fraction of sp³-hybridized carbons (Fsp3) is 0.667. The fourth-order valence-electron chi connectivity index (χ4n) is 3.81. The number of Topliss-reactive ketones (excluding diaryl/α,β-unsaturated/α-hetero) is 1. The van der Waals surface area contributed by atoms with Gasteiger partial charge in [-0.1, -0.05) is 6.42 Å². The molecule has 4 nitrogen and oxygen atoms in total. The average molecular weight is 344 g/mol. The first kappa shape index (κ1) is 18.4. The molecule has 138 valence electrons. The van der Waals surface area contributed by atoms with Gasteiger partial charge in [0.05, 0.1) is 6.61 Å². The number of benzene rings is 1. The summed E-state index contributed by atoms with van der Waals surface area (Å²) in [5.41, 5.74) is 0.805. The molecule has 0 N–H and O–H groups in total. The van der Waals surface area contributed by atoms with Gasteiger partial charge in [0.1, 0.15) is 5.75 Å². The molecule has 2 saturated heterocycles. The Bertz CT molecular complexity index is 517. The van der Waals surface area contributed by atoms with E-state index >= 15 is 0 Å². The maximum Gasteiger partial charge on any atom is 0.164 e. The number of carbonyl (C=O) groups is 1. The molecule has 2 heterocycles. The summed E-state index contributed by atoms with van der Waals surface area (Å²) in [7, 11) is 0. The second kappa shape index (κ2) is 9.93. The molecule has 0 saturated carbocycles. The Kier molecular flexibility index (Phi) is 7.31. The molecule has 4 heteroatoms. The van der Waals surface area contributed by atoms with Crippen molar-refractivity contribution in [2.45, 2.75) is 44.9 Å². The summed E-state index contributed by atoms with van der Waals surface area (Å²) in [5.74, 6) is 1.11. The van der Waals surface area contributed by atoms with Gasteiger partial charge in [0.15, 0.2) is 5.78 Å². The van der Waals surface area contributed by atoms with Crippen LogP contribution in [-0.4, -0.2) is 61.5 Å². The van der Waals surface area contributed by atoms with Gasteiger partial charge in [-0.25, -0.2) is 0 Å². The number of hydrogen-bond acceptors (Lipinski definition) is 4. The lowest BCUT2D eigenvalue weighted by Crippen LogP contribution is -2.31. The Hall–Kier alpha value is -1.39. The molecule has 1 aromatic carbocycles. The van der Waals surface area contributed by atoms with Crippen LogP contribution in [0.5, 0.6) is 5.75 Å². The molecule has 0 radical (unpaired) electrons. The van der Waals surface area contributed by atoms with Crippen LogP contribution in [-0.2, 0) is 0 Å². The first-order chi connectivity index (χ1) is 12.3. The van der Waals surface area contributed by atoms with Crippen molar-refractivity contribution in [3.63, 3.8) is 0 Å². The molecule has 0 bridgehead atoms. The minimum absolute atomic E-state index is 0.239. The molecular formula is C21H32N2O2. The number of ketones is 1. The van der Waals surface area contributed by atoms with Crippen molar-refractivity contribution in [3.8, 4) is 5.75 Å². The van der Waals surface area contributed by atoms with E-state index in [4.69, 9.17) is 4.74 Å². The Labute approximate surface area is 152 Å². The van der Waals surface area contributed by atoms with Crippen molar-refractivity contribution in [1.29, 1.82) is 0 Å². The lowest BCUT2D eigenvalue weighted by Gasteiger charge is -2.26. The van der Waals surface area contributed by atoms with Crippen LogP contribution in [0.2, 0.25) is 0 Å². The highest BCUT2D eigenvalue weighted by Gasteiger charge is 2.14. The molecule has 2 fully saturated rings. The summed E-state index contributed by atoms with van der Waals surface area (Å²) in [5, 5.41) is 0. The molecule has 3 rings (SSSR count). The van der Waals surface area contributed by atoms with Crippen LogP contribution in [0.1, 0.15) is 55.3 Å². The Morgan fingerprint density at radius 2 is 1.44 bits per heavy atom. The zero-order chi connectivity index (χ0) is 17.3. The number of carbonyl (C=O) groups excluding carboxylic acids is 1. The third-order valence-corrected chi connectivity index (χ3v) is 5.37. The summed E-state index contributed by atoms with van der Waals surface area (Å²) >= 11 is 0. The van der Waals surface area contributed by atoms with Gasteiger partial charge >= 0.3 is 0 Å². The van der Waals surface area contributed by atoms with Gasteiger partial charge in [0.2, 0.25) is 0 Å². The van der Waals surface area contributed by atoms with E-state index in [9.17, 15) is 4.79 Å². The quantitative estimate of drug-likeness (QED) is 0.506. The predicted molar refractivity (Wildman–Crippen MR) is 101 cm³/mol. The molecule has 0 amide bonds. The van der Waals surface area contributed by atoms with E-state index in [1.54, 1.807) is 0 Å². The van der Waals surface area contributed by atoms with Gasteiger partial charge < -0.3 is 14.5 Å². The third kappa shape index (κ3) is 6.12. The summed E-state index contributed by atoms with van der Waals surface area (Å²) in [4.78, 5) is 17.2. The maximum atomic E-state index is 12.3. The van der Waals surface area contributed by atoms with Crippen LogP contribution in [0.15, 0.2) is 24.3 Å². The van der Waals surface area contributed by atoms with Gasteiger partial charge in [0, 0.05) is 25.1 Å². The van der Waals surface area contributed by atoms with Crippen molar-refractivity contribution < 1.29 is 9.53 Å². The first-order valence-corrected chi connectivity index (χ1v) is 10.0. The Morgan fingerprint density at radius 1 is 0.840 bits per heavy atom. The first-order valence-electron chi connectivity index (χ1n) is 10.0. The van der Waals surface area contributed by atoms with E-state index < -0.39 is 0 Å². The van der Waals surface area contributed by atoms with Crippen molar-refractivity contribution in [2.75, 3.05) is 45.9 Å². The topological polar surface area (TPSA) is 32.8 Å². The minimum atomic E-state index is 0.239. The standard InChI is InChI=1S/C21H32N2O2/c24-21(11-17-23-14-4-5-15-23)19-7-9-20(10-8-19)25-18-6-16-22-12-2-1-3-13-22/h7-10H,1-6,11-18H2. The van der Waals surface area contributed by atoms with E-state index in [0.717, 1.165) is 50.5 Å². The summed E-state index contributed by atoms with van der Waals surface area (Å²) in [6.45, 7) is 7.57. The zero-order valence-corrected chi connectivity index (χ0v) is 15.4. The molecule has 25 heavy (non-hydrogen) atoms. The van der Waals surface area contributed by atoms with Crippen molar-refractivity contribution in [1.82, 2.24) is 9.80 Å². The number of rotatable bonds is 9. The van der Waals surface area contributed by atoms with E-state index in [2.05, 4.69) is 9.80 Å². The Balaban J connectivity index is 1.34. The van der Waals surface area contributed by atoms with Crippen LogP contribution in [0.3, 0.4) is 0 Å². The smallest absolute Gasteiger partial charge is 0.164 e. The van der Waals surface area contributed by atoms with E-state index in [-0.39, 0.29) is 5.78 Å². The molecule has 0 atom stereocenters. The molecule has 0 spiro atoms. The second-order valence-electron chi connectivity index (χ2n) is 7.35. The largest absolute Gasteiger partial charge is 0.494 e. The highest BCUT2D eigenvalue weighted by molar-refractivity contribution is 5.96. The number of likely N-dealkylation sites (tertiary alicyclic amines) is 2. The molecule has 1 aromatic rings. The summed E-state index contributed by atoms with van der Waals surface area (Å²) in [6.07, 6.45) is 8.31. The number of ether oxygens (including phenoxy) is 1. The van der Waals surface area contributed by atoms with Gasteiger partial charge in [-0.2, -0.15) is 0 Å². The molecule has 0 aliphatic carbocycles. The Morgan fingerprint density at radius 3 is 2.12 bits per heavy atom. The molecule has 2 aliphatic rings. The number of nitrogens with zero attached hydrogens (tertiary/aromatic N) is 2. The van der Waals surface area contributed by atoms with Crippen LogP contribution >= 0.6 is 0 Å². The molecule has 0 unspecified atom stereocenters. The fourth-order valence-corrected chi connectivity index (χ4v) is 3.81. The average Bonchev–Trinajstić information content (AvgIpc) is 3.18. The third-order valence-electron chi connectivity index (χ3n) is 5.37. The second-order valence-corrected chi connectivity index (χ2v) is 7.35. The van der Waals surface area contributed by atoms with E-state index in [1.807, 2.05) is 24.3 Å². The monoisotopic (exact) mass is 344 g/mol. The predicted octanol–water partition coefficient (Wildman–Crippen LogP) is 3.61. The lowest BCUT2D eigenvalue weighted by molar-refractivity contribution is 0.0969. The molecule has 0 aromatic heterocycles. The highest BCUT2D eigenvalue weighted by Crippen LogP contribution is 2.15. The van der Waals surface area contributed by atoms with Crippen LogP contribution in [0.4, 0.5) is 0 Å². The molecular weight excluding hydrogens is 312 g/mol. The number of piperidine rings is 1. The summed E-state index contributed by atoms with van der Waals surface area (Å²) < 4.78 is 5.83. The van der Waals surface area contributed by atoms with Gasteiger partial charge in [-0.15, -0.1) is 0 Å². The van der Waals surface area contributed by atoms with E-state index in [1.165, 1.54) is 45.2 Å². The van der Waals surface area contributed by atoms with Crippen molar-refractivity contribution in [3.05, 3.63) is 29.8 Å². The van der Waals surface area contributed by atoms with E-state index in [0.29, 0.717) is 6.42 Å². The van der Waals surface area contributed by atoms with Crippen LogP contribution < -0.4 is 4.74 Å². The zero-order valence-electron chi connectivity index (χ0n) is 15.4. The summed E-state index contributed by atoms with van der Waals surface area (Å²) in [6, 6.07) is 7.69. The minimum Gasteiger partial charge on any atom is -0.494 e. The van der Waals surface area contributed by atoms with Gasteiger partial charge in [0.25, 0.3) is 0 Å². The normalized spacial score (nSPS) is 19.2. The maximum absolute atomic E-state index is 12.3. The highest BCUT2D eigenvalue weighted by atomic mass is 16.5. The van der Waals surface area contributed by atoms with Gasteiger partial charge in [-0.3, -0.25) is 4.79 Å². The number of hydrogen-bond donors (Lipinski definition) is 0. The SMILES string of the molecule is O=C(CCN1CCCC1)c1ccc(OCCCN2CCCCC2)cc1.